The smallest absolute Gasteiger partial charge is 0.279 e. The summed E-state index contributed by atoms with van der Waals surface area (Å²) in [6, 6.07) is 20.5. The third-order valence-corrected chi connectivity index (χ3v) is 5.13. The Bertz CT molecular complexity index is 1160. The van der Waals surface area contributed by atoms with Crippen molar-refractivity contribution in [3.8, 4) is 11.4 Å². The fraction of sp³-hybridized carbons (Fsp3) is 0.0952. The summed E-state index contributed by atoms with van der Waals surface area (Å²) in [5.41, 5.74) is 9.73. The molecule has 4 rings (SSSR count). The van der Waals surface area contributed by atoms with Crippen LogP contribution in [0.5, 0.6) is 5.75 Å². The molecule has 3 N–H and O–H groups in total. The van der Waals surface area contributed by atoms with Crippen molar-refractivity contribution in [1.82, 2.24) is 9.78 Å². The van der Waals surface area contributed by atoms with Crippen molar-refractivity contribution in [2.45, 2.75) is 6.04 Å². The molecule has 4 aromatic rings. The average molecular weight is 424 g/mol. The predicted molar refractivity (Wildman–Crippen MR) is 111 cm³/mol. The SMILES string of the molecule is COc1ccc(C(N)c2ccccc2-n2[nH]c3ccc(Br)cc3c2=O)cc1. The average Bonchev–Trinajstić information content (AvgIpc) is 3.03. The van der Waals surface area contributed by atoms with E-state index in [9.17, 15) is 4.79 Å². The van der Waals surface area contributed by atoms with Gasteiger partial charge in [0.2, 0.25) is 0 Å². The predicted octanol–water partition coefficient (Wildman–Crippen LogP) is 4.14. The molecule has 1 heterocycles. The molecular formula is C21H18BrN3O2. The number of hydrogen-bond acceptors (Lipinski definition) is 3. The van der Waals surface area contributed by atoms with Crippen molar-refractivity contribution < 1.29 is 4.74 Å². The first-order valence-electron chi connectivity index (χ1n) is 8.47. The third-order valence-electron chi connectivity index (χ3n) is 4.64. The van der Waals surface area contributed by atoms with Crippen molar-refractivity contribution in [2.75, 3.05) is 7.11 Å². The highest BCUT2D eigenvalue weighted by molar-refractivity contribution is 9.10. The molecule has 27 heavy (non-hydrogen) atoms. The minimum absolute atomic E-state index is 0.110. The number of nitrogens with one attached hydrogen (secondary N) is 1. The Morgan fingerprint density at radius 3 is 2.56 bits per heavy atom. The van der Waals surface area contributed by atoms with Gasteiger partial charge in [-0.05, 0) is 47.5 Å². The number of hydrogen-bond donors (Lipinski definition) is 2. The van der Waals surface area contributed by atoms with E-state index in [1.54, 1.807) is 11.8 Å². The van der Waals surface area contributed by atoms with Gasteiger partial charge >= 0.3 is 0 Å². The lowest BCUT2D eigenvalue weighted by Crippen LogP contribution is -2.20. The van der Waals surface area contributed by atoms with E-state index in [1.165, 1.54) is 0 Å². The van der Waals surface area contributed by atoms with E-state index in [2.05, 4.69) is 21.0 Å². The summed E-state index contributed by atoms with van der Waals surface area (Å²) < 4.78 is 7.63. The third kappa shape index (κ3) is 3.18. The Kier molecular flexibility index (Phi) is 4.59. The Balaban J connectivity index is 1.84. The number of ether oxygens (including phenoxy) is 1. The molecule has 0 saturated heterocycles. The van der Waals surface area contributed by atoms with Gasteiger partial charge in [-0.2, -0.15) is 0 Å². The summed E-state index contributed by atoms with van der Waals surface area (Å²) in [5, 5.41) is 3.80. The van der Waals surface area contributed by atoms with E-state index in [-0.39, 0.29) is 11.6 Å². The Labute approximate surface area is 164 Å². The molecule has 0 aliphatic carbocycles. The molecule has 0 fully saturated rings. The minimum Gasteiger partial charge on any atom is -0.497 e. The van der Waals surface area contributed by atoms with Gasteiger partial charge in [-0.15, -0.1) is 0 Å². The highest BCUT2D eigenvalue weighted by Gasteiger charge is 2.17. The summed E-state index contributed by atoms with van der Waals surface area (Å²) in [4.78, 5) is 12.9. The number of nitrogens with two attached hydrogens (primary N) is 1. The Morgan fingerprint density at radius 2 is 1.81 bits per heavy atom. The number of rotatable bonds is 4. The van der Waals surface area contributed by atoms with Crippen LogP contribution in [0.15, 0.2) is 76.0 Å². The zero-order valence-electron chi connectivity index (χ0n) is 14.6. The number of methoxy groups -OCH3 is 1. The zero-order chi connectivity index (χ0) is 19.0. The second kappa shape index (κ2) is 7.06. The molecule has 1 atom stereocenters. The number of benzene rings is 3. The van der Waals surface area contributed by atoms with Crippen molar-refractivity contribution >= 4 is 26.8 Å². The standard InChI is InChI=1S/C21H18BrN3O2/c1-27-15-9-6-13(7-10-15)20(23)16-4-2-3-5-19(16)25-21(26)17-12-14(22)8-11-18(17)24-25/h2-12,20,24H,23H2,1H3. The monoisotopic (exact) mass is 423 g/mol. The van der Waals surface area contributed by atoms with Gasteiger partial charge in [0.05, 0.1) is 29.7 Å². The topological polar surface area (TPSA) is 73.0 Å². The summed E-state index contributed by atoms with van der Waals surface area (Å²) >= 11 is 3.42. The van der Waals surface area contributed by atoms with Crippen molar-refractivity contribution in [2.24, 2.45) is 5.73 Å². The van der Waals surface area contributed by atoms with Gasteiger partial charge in [0.15, 0.2) is 0 Å². The van der Waals surface area contributed by atoms with Gasteiger partial charge in [0, 0.05) is 4.47 Å². The minimum atomic E-state index is -0.378. The van der Waals surface area contributed by atoms with Crippen molar-refractivity contribution in [1.29, 1.82) is 0 Å². The maximum atomic E-state index is 12.9. The zero-order valence-corrected chi connectivity index (χ0v) is 16.2. The normalized spacial score (nSPS) is 12.3. The number of para-hydroxylation sites is 1. The first kappa shape index (κ1) is 17.6. The molecule has 1 unspecified atom stereocenters. The molecule has 6 heteroatoms. The maximum Gasteiger partial charge on any atom is 0.279 e. The van der Waals surface area contributed by atoms with E-state index in [4.69, 9.17) is 10.5 Å². The number of halogens is 1. The lowest BCUT2D eigenvalue weighted by molar-refractivity contribution is 0.414. The second-order valence-electron chi connectivity index (χ2n) is 6.25. The number of fused-ring (bicyclic) bond motifs is 1. The first-order valence-corrected chi connectivity index (χ1v) is 9.27. The van der Waals surface area contributed by atoms with Crippen LogP contribution in [0.2, 0.25) is 0 Å². The highest BCUT2D eigenvalue weighted by Crippen LogP contribution is 2.27. The van der Waals surface area contributed by atoms with E-state index in [0.29, 0.717) is 5.39 Å². The number of aromatic nitrogens is 2. The highest BCUT2D eigenvalue weighted by atomic mass is 79.9. The lowest BCUT2D eigenvalue weighted by atomic mass is 9.98. The van der Waals surface area contributed by atoms with Crippen molar-refractivity contribution in [3.63, 3.8) is 0 Å². The molecule has 0 aliphatic heterocycles. The summed E-state index contributed by atoms with van der Waals surface area (Å²) in [6.07, 6.45) is 0. The second-order valence-corrected chi connectivity index (χ2v) is 7.17. The number of aromatic amines is 1. The van der Waals surface area contributed by atoms with E-state index >= 15 is 0 Å². The van der Waals surface area contributed by atoms with E-state index < -0.39 is 0 Å². The van der Waals surface area contributed by atoms with E-state index in [1.807, 2.05) is 66.7 Å². The fourth-order valence-electron chi connectivity index (χ4n) is 3.20. The van der Waals surface area contributed by atoms with Crippen LogP contribution < -0.4 is 16.0 Å². The van der Waals surface area contributed by atoms with Gasteiger partial charge in [-0.1, -0.05) is 46.3 Å². The Hall–Kier alpha value is -2.83. The van der Waals surface area contributed by atoms with Gasteiger partial charge in [0.1, 0.15) is 5.75 Å². The summed E-state index contributed by atoms with van der Waals surface area (Å²) in [5.74, 6) is 0.775. The first-order chi connectivity index (χ1) is 13.1. The van der Waals surface area contributed by atoms with Crippen LogP contribution >= 0.6 is 15.9 Å². The Morgan fingerprint density at radius 1 is 1.07 bits per heavy atom. The molecule has 0 spiro atoms. The molecule has 0 radical (unpaired) electrons. The molecule has 1 aromatic heterocycles. The van der Waals surface area contributed by atoms with Gasteiger partial charge in [-0.25, -0.2) is 4.68 Å². The van der Waals surface area contributed by atoms with Crippen LogP contribution in [0, 0.1) is 0 Å². The van der Waals surface area contributed by atoms with Crippen LogP contribution in [-0.2, 0) is 0 Å². The maximum absolute atomic E-state index is 12.9. The van der Waals surface area contributed by atoms with Gasteiger partial charge < -0.3 is 10.5 Å². The van der Waals surface area contributed by atoms with Gasteiger partial charge in [-0.3, -0.25) is 9.89 Å². The van der Waals surface area contributed by atoms with Crippen molar-refractivity contribution in [3.05, 3.63) is 92.7 Å². The van der Waals surface area contributed by atoms with Crippen LogP contribution in [0.3, 0.4) is 0 Å². The molecule has 0 bridgehead atoms. The van der Waals surface area contributed by atoms with Crippen LogP contribution in [0.4, 0.5) is 0 Å². The fourth-order valence-corrected chi connectivity index (χ4v) is 3.56. The van der Waals surface area contributed by atoms with Crippen LogP contribution in [0.25, 0.3) is 16.6 Å². The largest absolute Gasteiger partial charge is 0.497 e. The van der Waals surface area contributed by atoms with Crippen LogP contribution in [0.1, 0.15) is 17.2 Å². The summed E-state index contributed by atoms with van der Waals surface area (Å²) in [7, 11) is 1.63. The quantitative estimate of drug-likeness (QED) is 0.517. The molecule has 0 aliphatic rings. The molecule has 0 amide bonds. The molecule has 3 aromatic carbocycles. The number of H-pyrrole nitrogens is 1. The molecule has 136 valence electrons. The van der Waals surface area contributed by atoms with Gasteiger partial charge in [0.25, 0.3) is 5.56 Å². The van der Waals surface area contributed by atoms with Crippen LogP contribution in [-0.4, -0.2) is 16.9 Å². The summed E-state index contributed by atoms with van der Waals surface area (Å²) in [6.45, 7) is 0. The molecule has 5 nitrogen and oxygen atoms in total. The molecular weight excluding hydrogens is 406 g/mol. The lowest BCUT2D eigenvalue weighted by Gasteiger charge is -2.17. The number of nitrogens with zero attached hydrogens (tertiary/aromatic N) is 1. The molecule has 0 saturated carbocycles. The van der Waals surface area contributed by atoms with E-state index in [0.717, 1.165) is 32.6 Å².